The number of piperidine rings is 1. The number of aliphatic hydroxyl groups is 1. The van der Waals surface area contributed by atoms with Crippen molar-refractivity contribution in [1.29, 1.82) is 0 Å². The number of rotatable bonds is 4. The molecule has 0 bridgehead atoms. The van der Waals surface area contributed by atoms with Gasteiger partial charge in [0.15, 0.2) is 0 Å². The zero-order valence-electron chi connectivity index (χ0n) is 14.5. The third-order valence-corrected chi connectivity index (χ3v) is 4.78. The van der Waals surface area contributed by atoms with Gasteiger partial charge in [-0.05, 0) is 25.0 Å². The maximum atomic E-state index is 12.2. The summed E-state index contributed by atoms with van der Waals surface area (Å²) < 4.78 is 28.7. The molecule has 1 aromatic heterocycles. The summed E-state index contributed by atoms with van der Waals surface area (Å²) in [7, 11) is 0. The molecule has 1 fully saturated rings. The number of nitrogens with two attached hydrogens (primary N) is 2. The van der Waals surface area contributed by atoms with Crippen LogP contribution in [0, 0.1) is 5.92 Å². The molecule has 0 saturated carbocycles. The number of carbonyl (C=O) groups excluding carboxylic acids is 1. The van der Waals surface area contributed by atoms with Gasteiger partial charge >= 0.3 is 6.61 Å². The standard InChI is InChI=1S/C17H21F2N5O3/c18-17(19)27-10-1-2-13(22-8-10)24-5-3-9(4-6-24)14(20)11-7-12(25)16(26)23-15(11)21/h1-2,8-9,12,17,25H,3-7,20H2,(H2,21,23,26)/t12-/m0/s1. The molecular weight excluding hydrogens is 360 g/mol. The van der Waals surface area contributed by atoms with E-state index in [2.05, 4.69) is 14.7 Å². The number of hydrogen-bond donors (Lipinski definition) is 3. The monoisotopic (exact) mass is 381 g/mol. The van der Waals surface area contributed by atoms with E-state index in [0.29, 0.717) is 30.2 Å². The average Bonchev–Trinajstić information content (AvgIpc) is 2.64. The Hall–Kier alpha value is -2.75. The van der Waals surface area contributed by atoms with Crippen molar-refractivity contribution < 1.29 is 23.4 Å². The van der Waals surface area contributed by atoms with Crippen LogP contribution >= 0.6 is 0 Å². The first-order valence-electron chi connectivity index (χ1n) is 8.56. The molecule has 5 N–H and O–H groups in total. The van der Waals surface area contributed by atoms with E-state index in [-0.39, 0.29) is 23.9 Å². The normalized spacial score (nSPS) is 23.4. The molecular formula is C17H21F2N5O3. The van der Waals surface area contributed by atoms with Crippen molar-refractivity contribution in [2.75, 3.05) is 18.0 Å². The Morgan fingerprint density at radius 2 is 2.04 bits per heavy atom. The first kappa shape index (κ1) is 19.0. The largest absolute Gasteiger partial charge is 0.433 e. The highest BCUT2D eigenvalue weighted by Crippen LogP contribution is 2.29. The van der Waals surface area contributed by atoms with Crippen LogP contribution in [0.3, 0.4) is 0 Å². The molecule has 3 rings (SSSR count). The zero-order valence-corrected chi connectivity index (χ0v) is 14.5. The molecule has 1 amide bonds. The topological polar surface area (TPSA) is 127 Å². The van der Waals surface area contributed by atoms with E-state index in [9.17, 15) is 18.7 Å². The lowest BCUT2D eigenvalue weighted by atomic mass is 9.88. The van der Waals surface area contributed by atoms with Crippen molar-refractivity contribution in [2.45, 2.75) is 32.0 Å². The van der Waals surface area contributed by atoms with E-state index in [0.717, 1.165) is 12.8 Å². The number of carbonyl (C=O) groups is 1. The first-order chi connectivity index (χ1) is 12.8. The molecule has 0 unspecified atom stereocenters. The van der Waals surface area contributed by atoms with Crippen molar-refractivity contribution in [3.05, 3.63) is 29.6 Å². The van der Waals surface area contributed by atoms with Gasteiger partial charge < -0.3 is 26.2 Å². The van der Waals surface area contributed by atoms with Crippen LogP contribution in [-0.4, -0.2) is 47.6 Å². The SMILES string of the molecule is NC1=NC(=O)[C@@H](O)CC1=C(N)C1CCN(c2ccc(OC(F)F)cn2)CC1. The summed E-state index contributed by atoms with van der Waals surface area (Å²) in [5, 5.41) is 9.71. The van der Waals surface area contributed by atoms with Crippen molar-refractivity contribution in [3.63, 3.8) is 0 Å². The summed E-state index contributed by atoms with van der Waals surface area (Å²) in [5.41, 5.74) is 13.1. The Labute approximate surface area is 154 Å². The number of ether oxygens (including phenoxy) is 1. The predicted molar refractivity (Wildman–Crippen MR) is 94.3 cm³/mol. The molecule has 2 aliphatic heterocycles. The van der Waals surface area contributed by atoms with Crippen LogP contribution in [0.2, 0.25) is 0 Å². The van der Waals surface area contributed by atoms with Gasteiger partial charge in [0.05, 0.1) is 6.20 Å². The second kappa shape index (κ2) is 7.87. The number of pyridine rings is 1. The summed E-state index contributed by atoms with van der Waals surface area (Å²) in [6, 6.07) is 3.09. The Bertz CT molecular complexity index is 758. The van der Waals surface area contributed by atoms with Crippen LogP contribution in [0.5, 0.6) is 5.75 Å². The van der Waals surface area contributed by atoms with Crippen LogP contribution in [-0.2, 0) is 4.79 Å². The van der Waals surface area contributed by atoms with Gasteiger partial charge in [0.1, 0.15) is 23.5 Å². The highest BCUT2D eigenvalue weighted by Gasteiger charge is 2.30. The number of nitrogens with zero attached hydrogens (tertiary/aromatic N) is 3. The quantitative estimate of drug-likeness (QED) is 0.703. The highest BCUT2D eigenvalue weighted by molar-refractivity contribution is 6.08. The lowest BCUT2D eigenvalue weighted by Gasteiger charge is -2.34. The molecule has 10 heteroatoms. The molecule has 0 aromatic carbocycles. The number of hydrogen-bond acceptors (Lipinski definition) is 7. The third-order valence-electron chi connectivity index (χ3n) is 4.78. The summed E-state index contributed by atoms with van der Waals surface area (Å²) in [5.74, 6) is 0.149. The molecule has 0 spiro atoms. The molecule has 2 aliphatic rings. The molecule has 1 aromatic rings. The molecule has 1 saturated heterocycles. The molecule has 0 aliphatic carbocycles. The smallest absolute Gasteiger partial charge is 0.387 e. The predicted octanol–water partition coefficient (Wildman–Crippen LogP) is 0.761. The van der Waals surface area contributed by atoms with E-state index in [1.807, 2.05) is 4.90 Å². The zero-order chi connectivity index (χ0) is 19.6. The molecule has 27 heavy (non-hydrogen) atoms. The number of amidine groups is 1. The van der Waals surface area contributed by atoms with Crippen LogP contribution in [0.25, 0.3) is 0 Å². The molecule has 1 atom stereocenters. The Balaban J connectivity index is 1.64. The Kier molecular flexibility index (Phi) is 5.54. The first-order valence-corrected chi connectivity index (χ1v) is 8.56. The van der Waals surface area contributed by atoms with E-state index in [1.54, 1.807) is 6.07 Å². The number of allylic oxidation sites excluding steroid dienone is 1. The summed E-state index contributed by atoms with van der Waals surface area (Å²) in [6.45, 7) is -1.55. The van der Waals surface area contributed by atoms with E-state index < -0.39 is 18.6 Å². The number of alkyl halides is 2. The van der Waals surface area contributed by atoms with Gasteiger partial charge in [-0.1, -0.05) is 0 Å². The third kappa shape index (κ3) is 4.33. The van der Waals surface area contributed by atoms with Crippen LogP contribution in [0.1, 0.15) is 19.3 Å². The van der Waals surface area contributed by atoms with Gasteiger partial charge in [0.25, 0.3) is 5.91 Å². The summed E-state index contributed by atoms with van der Waals surface area (Å²) >= 11 is 0. The summed E-state index contributed by atoms with van der Waals surface area (Å²) in [6.07, 6.45) is 1.59. The van der Waals surface area contributed by atoms with Crippen LogP contribution < -0.4 is 21.1 Å². The average molecular weight is 381 g/mol. The number of halogens is 2. The lowest BCUT2D eigenvalue weighted by Crippen LogP contribution is -2.38. The fraction of sp³-hybridized carbons (Fsp3) is 0.471. The summed E-state index contributed by atoms with van der Waals surface area (Å²) in [4.78, 5) is 21.2. The fourth-order valence-corrected chi connectivity index (χ4v) is 3.31. The van der Waals surface area contributed by atoms with Gasteiger partial charge in [-0.25, -0.2) is 4.98 Å². The second-order valence-corrected chi connectivity index (χ2v) is 6.48. The molecule has 146 valence electrons. The lowest BCUT2D eigenvalue weighted by molar-refractivity contribution is -0.125. The molecule has 0 radical (unpaired) electrons. The number of anilines is 1. The Morgan fingerprint density at radius 3 is 2.63 bits per heavy atom. The maximum Gasteiger partial charge on any atom is 0.387 e. The van der Waals surface area contributed by atoms with Crippen molar-refractivity contribution >= 4 is 17.6 Å². The number of amides is 1. The highest BCUT2D eigenvalue weighted by atomic mass is 19.3. The number of aromatic nitrogens is 1. The Morgan fingerprint density at radius 1 is 1.33 bits per heavy atom. The van der Waals surface area contributed by atoms with Gasteiger partial charge in [0, 0.05) is 36.7 Å². The van der Waals surface area contributed by atoms with Gasteiger partial charge in [0.2, 0.25) is 0 Å². The maximum absolute atomic E-state index is 12.2. The van der Waals surface area contributed by atoms with Gasteiger partial charge in [-0.3, -0.25) is 4.79 Å². The minimum atomic E-state index is -2.88. The van der Waals surface area contributed by atoms with Gasteiger partial charge in [-0.2, -0.15) is 13.8 Å². The van der Waals surface area contributed by atoms with Crippen LogP contribution in [0.4, 0.5) is 14.6 Å². The van der Waals surface area contributed by atoms with E-state index in [4.69, 9.17) is 11.5 Å². The van der Waals surface area contributed by atoms with Crippen LogP contribution in [0.15, 0.2) is 34.6 Å². The second-order valence-electron chi connectivity index (χ2n) is 6.48. The minimum absolute atomic E-state index is 0.0118. The number of aliphatic imine (C=N–C) groups is 1. The fourth-order valence-electron chi connectivity index (χ4n) is 3.31. The number of aliphatic hydroxyl groups excluding tert-OH is 1. The minimum Gasteiger partial charge on any atom is -0.433 e. The molecule has 3 heterocycles. The van der Waals surface area contributed by atoms with Crippen molar-refractivity contribution in [2.24, 2.45) is 22.4 Å². The van der Waals surface area contributed by atoms with E-state index >= 15 is 0 Å². The van der Waals surface area contributed by atoms with Gasteiger partial charge in [-0.15, -0.1) is 0 Å². The molecule has 8 nitrogen and oxygen atoms in total. The van der Waals surface area contributed by atoms with Crippen molar-refractivity contribution in [1.82, 2.24) is 4.98 Å². The van der Waals surface area contributed by atoms with E-state index in [1.165, 1.54) is 12.3 Å². The van der Waals surface area contributed by atoms with Crippen molar-refractivity contribution in [3.8, 4) is 5.75 Å².